The van der Waals surface area contributed by atoms with Crippen LogP contribution in [0.3, 0.4) is 0 Å². The van der Waals surface area contributed by atoms with E-state index in [4.69, 9.17) is 0 Å². The summed E-state index contributed by atoms with van der Waals surface area (Å²) < 4.78 is 25.8. The van der Waals surface area contributed by atoms with E-state index in [1.807, 2.05) is 23.1 Å². The third kappa shape index (κ3) is 3.55. The predicted molar refractivity (Wildman–Crippen MR) is 103 cm³/mol. The largest absolute Gasteiger partial charge is 0.339 e. The van der Waals surface area contributed by atoms with Gasteiger partial charge in [0, 0.05) is 18.7 Å². The monoisotopic (exact) mass is 396 g/mol. The Bertz CT molecular complexity index is 1040. The van der Waals surface area contributed by atoms with Crippen LogP contribution in [0, 0.1) is 0 Å². The highest BCUT2D eigenvalue weighted by Crippen LogP contribution is 2.28. The predicted octanol–water partition coefficient (Wildman–Crippen LogP) is 2.53. The second-order valence-electron chi connectivity index (χ2n) is 6.80. The molecule has 1 amide bonds. The van der Waals surface area contributed by atoms with Crippen LogP contribution < -0.4 is 0 Å². The second-order valence-corrected chi connectivity index (χ2v) is 8.64. The van der Waals surface area contributed by atoms with Crippen molar-refractivity contribution in [3.8, 4) is 0 Å². The van der Waals surface area contributed by atoms with Crippen molar-refractivity contribution in [3.05, 3.63) is 78.4 Å². The number of piperidine rings is 1. The molecule has 4 rings (SSSR count). The van der Waals surface area contributed by atoms with E-state index in [-0.39, 0.29) is 10.8 Å². The van der Waals surface area contributed by atoms with Crippen LogP contribution in [0.15, 0.2) is 72.1 Å². The highest BCUT2D eigenvalue weighted by Gasteiger charge is 2.25. The molecule has 7 nitrogen and oxygen atoms in total. The van der Waals surface area contributed by atoms with Gasteiger partial charge in [0.15, 0.2) is 0 Å². The fraction of sp³-hybridized carbons (Fsp3) is 0.250. The lowest BCUT2D eigenvalue weighted by Gasteiger charge is -2.32. The quantitative estimate of drug-likeness (QED) is 0.677. The molecule has 3 aromatic rings. The van der Waals surface area contributed by atoms with Gasteiger partial charge in [-0.25, -0.2) is 12.4 Å². The maximum absolute atomic E-state index is 12.8. The molecular formula is C20H20N4O3S. The van der Waals surface area contributed by atoms with Crippen molar-refractivity contribution in [2.45, 2.75) is 23.7 Å². The van der Waals surface area contributed by atoms with Crippen molar-refractivity contribution in [1.82, 2.24) is 19.1 Å². The summed E-state index contributed by atoms with van der Waals surface area (Å²) in [5, 5.41) is 7.04. The molecule has 144 valence electrons. The Morgan fingerprint density at radius 3 is 2.11 bits per heavy atom. The molecule has 0 N–H and O–H groups in total. The standard InChI is InChI=1S/C20H20N4O3S/c25-20(23-12-10-17(11-13-23)16-4-2-1-3-5-16)18-6-8-19(9-7-18)28(26,27)24-14-21-22-15-24/h1-9,14-15,17H,10-13H2. The summed E-state index contributed by atoms with van der Waals surface area (Å²) >= 11 is 0. The van der Waals surface area contributed by atoms with Gasteiger partial charge in [0.25, 0.3) is 15.9 Å². The van der Waals surface area contributed by atoms with E-state index in [1.165, 1.54) is 17.7 Å². The Labute approximate surface area is 163 Å². The lowest BCUT2D eigenvalue weighted by Crippen LogP contribution is -2.37. The number of benzene rings is 2. The second kappa shape index (κ2) is 7.55. The van der Waals surface area contributed by atoms with Crippen molar-refractivity contribution in [2.75, 3.05) is 13.1 Å². The van der Waals surface area contributed by atoms with Crippen molar-refractivity contribution < 1.29 is 13.2 Å². The molecule has 2 aromatic carbocycles. The molecule has 0 aliphatic carbocycles. The molecule has 1 fully saturated rings. The number of carbonyl (C=O) groups excluding carboxylic acids is 1. The van der Waals surface area contributed by atoms with Crippen LogP contribution in [-0.4, -0.2) is 46.5 Å². The molecule has 0 spiro atoms. The number of hydrogen-bond acceptors (Lipinski definition) is 5. The highest BCUT2D eigenvalue weighted by molar-refractivity contribution is 7.90. The number of amides is 1. The van der Waals surface area contributed by atoms with Crippen LogP contribution >= 0.6 is 0 Å². The first-order valence-electron chi connectivity index (χ1n) is 9.10. The van der Waals surface area contributed by atoms with Gasteiger partial charge in [-0.15, -0.1) is 10.2 Å². The van der Waals surface area contributed by atoms with Gasteiger partial charge < -0.3 is 4.90 Å². The zero-order valence-corrected chi connectivity index (χ0v) is 16.0. The smallest absolute Gasteiger partial charge is 0.270 e. The molecule has 0 bridgehead atoms. The van der Waals surface area contributed by atoms with E-state index in [0.717, 1.165) is 29.5 Å². The summed E-state index contributed by atoms with van der Waals surface area (Å²) in [5.74, 6) is 0.404. The van der Waals surface area contributed by atoms with E-state index >= 15 is 0 Å². The molecule has 0 radical (unpaired) electrons. The zero-order valence-electron chi connectivity index (χ0n) is 15.2. The lowest BCUT2D eigenvalue weighted by molar-refractivity contribution is 0.0713. The van der Waals surface area contributed by atoms with Crippen molar-refractivity contribution >= 4 is 15.9 Å². The molecule has 1 aromatic heterocycles. The number of hydrogen-bond donors (Lipinski definition) is 0. The molecule has 0 saturated carbocycles. The topological polar surface area (TPSA) is 85.2 Å². The van der Waals surface area contributed by atoms with Crippen molar-refractivity contribution in [1.29, 1.82) is 0 Å². The van der Waals surface area contributed by atoms with Crippen LogP contribution in [-0.2, 0) is 10.0 Å². The van der Waals surface area contributed by atoms with Crippen LogP contribution in [0.1, 0.15) is 34.7 Å². The summed E-state index contributed by atoms with van der Waals surface area (Å²) in [4.78, 5) is 14.7. The number of rotatable bonds is 4. The third-order valence-corrected chi connectivity index (χ3v) is 6.74. The Morgan fingerprint density at radius 2 is 1.50 bits per heavy atom. The van der Waals surface area contributed by atoms with E-state index in [2.05, 4.69) is 22.3 Å². The Hall–Kier alpha value is -3.00. The molecule has 1 saturated heterocycles. The van der Waals surface area contributed by atoms with Crippen molar-refractivity contribution in [3.63, 3.8) is 0 Å². The SMILES string of the molecule is O=C(c1ccc(S(=O)(=O)n2cnnc2)cc1)N1CCC(c2ccccc2)CC1. The zero-order chi connectivity index (χ0) is 19.6. The Balaban J connectivity index is 1.43. The maximum atomic E-state index is 12.8. The van der Waals surface area contributed by atoms with Crippen LogP contribution in [0.4, 0.5) is 0 Å². The fourth-order valence-corrected chi connectivity index (χ4v) is 4.59. The van der Waals surface area contributed by atoms with Crippen LogP contribution in [0.5, 0.6) is 0 Å². The minimum absolute atomic E-state index is 0.0697. The minimum Gasteiger partial charge on any atom is -0.339 e. The van der Waals surface area contributed by atoms with Gasteiger partial charge >= 0.3 is 0 Å². The van der Waals surface area contributed by atoms with Gasteiger partial charge in [-0.2, -0.15) is 0 Å². The summed E-state index contributed by atoms with van der Waals surface area (Å²) in [5.41, 5.74) is 1.80. The minimum atomic E-state index is -3.73. The average Bonchev–Trinajstić information content (AvgIpc) is 3.30. The lowest BCUT2D eigenvalue weighted by atomic mass is 9.89. The Kier molecular flexibility index (Phi) is 4.95. The first kappa shape index (κ1) is 18.4. The highest BCUT2D eigenvalue weighted by atomic mass is 32.2. The average molecular weight is 396 g/mol. The van der Waals surface area contributed by atoms with Gasteiger partial charge in [-0.1, -0.05) is 30.3 Å². The molecular weight excluding hydrogens is 376 g/mol. The molecule has 8 heteroatoms. The third-order valence-electron chi connectivity index (χ3n) is 5.13. The van der Waals surface area contributed by atoms with Gasteiger partial charge in [-0.3, -0.25) is 4.79 Å². The molecule has 2 heterocycles. The first-order chi connectivity index (χ1) is 13.6. The summed E-state index contributed by atoms with van der Waals surface area (Å²) in [6.07, 6.45) is 4.11. The van der Waals surface area contributed by atoms with Crippen molar-refractivity contribution in [2.24, 2.45) is 0 Å². The number of likely N-dealkylation sites (tertiary alicyclic amines) is 1. The van der Waals surface area contributed by atoms with Crippen LogP contribution in [0.25, 0.3) is 0 Å². The maximum Gasteiger partial charge on any atom is 0.270 e. The number of carbonyl (C=O) groups is 1. The molecule has 28 heavy (non-hydrogen) atoms. The normalized spacial score (nSPS) is 15.5. The van der Waals surface area contributed by atoms with E-state index in [1.54, 1.807) is 12.1 Å². The summed E-state index contributed by atoms with van der Waals surface area (Å²) in [6, 6.07) is 16.4. The molecule has 1 aliphatic heterocycles. The first-order valence-corrected chi connectivity index (χ1v) is 10.5. The fourth-order valence-electron chi connectivity index (χ4n) is 3.53. The van der Waals surface area contributed by atoms with Gasteiger partial charge in [0.05, 0.1) is 4.90 Å². The summed E-state index contributed by atoms with van der Waals surface area (Å²) in [7, 11) is -3.73. The molecule has 1 aliphatic rings. The van der Waals surface area contributed by atoms with Crippen LogP contribution in [0.2, 0.25) is 0 Å². The number of nitrogens with zero attached hydrogens (tertiary/aromatic N) is 4. The van der Waals surface area contributed by atoms with Gasteiger partial charge in [0.2, 0.25) is 0 Å². The number of aromatic nitrogens is 3. The van der Waals surface area contributed by atoms with Gasteiger partial charge in [-0.05, 0) is 48.6 Å². The van der Waals surface area contributed by atoms with E-state index in [0.29, 0.717) is 24.6 Å². The molecule has 0 atom stereocenters. The van der Waals surface area contributed by atoms with E-state index in [9.17, 15) is 13.2 Å². The van der Waals surface area contributed by atoms with Gasteiger partial charge in [0.1, 0.15) is 12.7 Å². The summed E-state index contributed by atoms with van der Waals surface area (Å²) in [6.45, 7) is 1.39. The molecule has 0 unspecified atom stereocenters. The van der Waals surface area contributed by atoms with E-state index < -0.39 is 10.0 Å². The Morgan fingerprint density at radius 1 is 0.893 bits per heavy atom.